The van der Waals surface area contributed by atoms with Gasteiger partial charge in [-0.1, -0.05) is 30.3 Å². The Labute approximate surface area is 126 Å². The van der Waals surface area contributed by atoms with Gasteiger partial charge in [-0.3, -0.25) is 9.69 Å². The van der Waals surface area contributed by atoms with Gasteiger partial charge in [0.15, 0.2) is 5.78 Å². The second-order valence-corrected chi connectivity index (χ2v) is 5.24. The molecule has 0 saturated carbocycles. The summed E-state index contributed by atoms with van der Waals surface area (Å²) < 4.78 is 5.39. The third kappa shape index (κ3) is 4.17. The highest BCUT2D eigenvalue weighted by Gasteiger charge is 2.10. The van der Waals surface area contributed by atoms with Crippen molar-refractivity contribution in [3.05, 3.63) is 65.2 Å². The van der Waals surface area contributed by atoms with Crippen LogP contribution in [0.2, 0.25) is 0 Å². The fourth-order valence-corrected chi connectivity index (χ4v) is 2.36. The van der Waals surface area contributed by atoms with E-state index in [1.807, 2.05) is 36.4 Å². The van der Waals surface area contributed by atoms with E-state index in [1.165, 1.54) is 5.56 Å². The SMILES string of the molecule is COc1ccc(C(C)=O)cc1CN(C)Cc1ccccc1. The van der Waals surface area contributed by atoms with E-state index in [0.29, 0.717) is 0 Å². The maximum atomic E-state index is 11.5. The zero-order chi connectivity index (χ0) is 15.2. The molecule has 3 heteroatoms. The van der Waals surface area contributed by atoms with Crippen molar-refractivity contribution in [1.29, 1.82) is 0 Å². The first-order chi connectivity index (χ1) is 10.1. The Bertz CT molecular complexity index is 608. The molecule has 0 aliphatic rings. The highest BCUT2D eigenvalue weighted by molar-refractivity contribution is 5.94. The van der Waals surface area contributed by atoms with Gasteiger partial charge in [0, 0.05) is 24.2 Å². The number of ether oxygens (including phenoxy) is 1. The molecule has 0 amide bonds. The molecule has 110 valence electrons. The standard InChI is InChI=1S/C18H21NO2/c1-14(20)16-9-10-18(21-3)17(11-16)13-19(2)12-15-7-5-4-6-8-15/h4-11H,12-13H2,1-3H3. The molecule has 0 unspecified atom stereocenters. The molecule has 0 aromatic heterocycles. The van der Waals surface area contributed by atoms with E-state index in [-0.39, 0.29) is 5.78 Å². The highest BCUT2D eigenvalue weighted by atomic mass is 16.5. The molecule has 2 aromatic carbocycles. The van der Waals surface area contributed by atoms with E-state index in [1.54, 1.807) is 14.0 Å². The number of hydrogen-bond donors (Lipinski definition) is 0. The van der Waals surface area contributed by atoms with Gasteiger partial charge in [-0.15, -0.1) is 0 Å². The minimum Gasteiger partial charge on any atom is -0.496 e. The van der Waals surface area contributed by atoms with Crippen LogP contribution in [0, 0.1) is 0 Å². The van der Waals surface area contributed by atoms with E-state index in [0.717, 1.165) is 30.0 Å². The zero-order valence-corrected chi connectivity index (χ0v) is 12.8. The summed E-state index contributed by atoms with van der Waals surface area (Å²) in [5, 5.41) is 0. The summed E-state index contributed by atoms with van der Waals surface area (Å²) in [4.78, 5) is 13.7. The first kappa shape index (κ1) is 15.3. The van der Waals surface area contributed by atoms with Crippen molar-refractivity contribution in [2.24, 2.45) is 0 Å². The van der Waals surface area contributed by atoms with Crippen molar-refractivity contribution in [2.45, 2.75) is 20.0 Å². The largest absolute Gasteiger partial charge is 0.496 e. The number of carbonyl (C=O) groups is 1. The van der Waals surface area contributed by atoms with Crippen molar-refractivity contribution in [3.63, 3.8) is 0 Å². The summed E-state index contributed by atoms with van der Waals surface area (Å²) in [7, 11) is 3.72. The Morgan fingerprint density at radius 1 is 1.10 bits per heavy atom. The number of ketones is 1. The topological polar surface area (TPSA) is 29.5 Å². The monoisotopic (exact) mass is 283 g/mol. The molecule has 3 nitrogen and oxygen atoms in total. The maximum absolute atomic E-state index is 11.5. The van der Waals surface area contributed by atoms with Gasteiger partial charge in [0.1, 0.15) is 5.75 Å². The molecule has 0 aliphatic heterocycles. The molecular weight excluding hydrogens is 262 g/mol. The van der Waals surface area contributed by atoms with Crippen LogP contribution in [0.1, 0.15) is 28.4 Å². The number of hydrogen-bond acceptors (Lipinski definition) is 3. The number of carbonyl (C=O) groups excluding carboxylic acids is 1. The highest BCUT2D eigenvalue weighted by Crippen LogP contribution is 2.22. The Balaban J connectivity index is 2.13. The van der Waals surface area contributed by atoms with Crippen LogP contribution in [0.5, 0.6) is 5.75 Å². The number of Topliss-reactive ketones (excluding diaryl/α,β-unsaturated/α-hetero) is 1. The van der Waals surface area contributed by atoms with Gasteiger partial charge < -0.3 is 4.74 Å². The number of rotatable bonds is 6. The first-order valence-corrected chi connectivity index (χ1v) is 7.00. The molecule has 0 N–H and O–H groups in total. The van der Waals surface area contributed by atoms with Crippen LogP contribution >= 0.6 is 0 Å². The molecule has 0 bridgehead atoms. The Hall–Kier alpha value is -2.13. The molecule has 2 rings (SSSR count). The molecule has 2 aromatic rings. The van der Waals surface area contributed by atoms with Gasteiger partial charge in [0.2, 0.25) is 0 Å². The first-order valence-electron chi connectivity index (χ1n) is 7.00. The second-order valence-electron chi connectivity index (χ2n) is 5.24. The van der Waals surface area contributed by atoms with E-state index < -0.39 is 0 Å². The van der Waals surface area contributed by atoms with E-state index >= 15 is 0 Å². The Kier molecular flexibility index (Phi) is 5.12. The summed E-state index contributed by atoms with van der Waals surface area (Å²) in [6, 6.07) is 15.9. The average molecular weight is 283 g/mol. The lowest BCUT2D eigenvalue weighted by molar-refractivity contribution is 0.101. The molecule has 0 fully saturated rings. The second kappa shape index (κ2) is 7.04. The van der Waals surface area contributed by atoms with Gasteiger partial charge in [0.05, 0.1) is 7.11 Å². The van der Waals surface area contributed by atoms with Crippen LogP contribution in [0.15, 0.2) is 48.5 Å². The molecule has 0 heterocycles. The fraction of sp³-hybridized carbons (Fsp3) is 0.278. The van der Waals surface area contributed by atoms with Crippen molar-refractivity contribution >= 4 is 5.78 Å². The van der Waals surface area contributed by atoms with Crippen LogP contribution in [0.3, 0.4) is 0 Å². The van der Waals surface area contributed by atoms with Crippen LogP contribution in [0.4, 0.5) is 0 Å². The molecule has 21 heavy (non-hydrogen) atoms. The van der Waals surface area contributed by atoms with E-state index in [4.69, 9.17) is 4.74 Å². The van der Waals surface area contributed by atoms with Crippen LogP contribution in [0.25, 0.3) is 0 Å². The van der Waals surface area contributed by atoms with Crippen molar-refractivity contribution in [2.75, 3.05) is 14.2 Å². The zero-order valence-electron chi connectivity index (χ0n) is 12.8. The van der Waals surface area contributed by atoms with E-state index in [2.05, 4.69) is 24.1 Å². The van der Waals surface area contributed by atoms with Gasteiger partial charge in [-0.05, 0) is 37.7 Å². The molecule has 0 saturated heterocycles. The molecular formula is C18H21NO2. The van der Waals surface area contributed by atoms with Crippen LogP contribution < -0.4 is 4.74 Å². The Morgan fingerprint density at radius 3 is 2.43 bits per heavy atom. The number of benzene rings is 2. The molecule has 0 atom stereocenters. The normalized spacial score (nSPS) is 10.7. The Morgan fingerprint density at radius 2 is 1.81 bits per heavy atom. The van der Waals surface area contributed by atoms with Gasteiger partial charge in [-0.25, -0.2) is 0 Å². The maximum Gasteiger partial charge on any atom is 0.159 e. The summed E-state index contributed by atoms with van der Waals surface area (Å²) in [5.74, 6) is 0.893. The minimum atomic E-state index is 0.0737. The predicted molar refractivity (Wildman–Crippen MR) is 84.6 cm³/mol. The lowest BCUT2D eigenvalue weighted by atomic mass is 10.1. The summed E-state index contributed by atoms with van der Waals surface area (Å²) >= 11 is 0. The van der Waals surface area contributed by atoms with Gasteiger partial charge in [0.25, 0.3) is 0 Å². The quantitative estimate of drug-likeness (QED) is 0.760. The summed E-state index contributed by atoms with van der Waals surface area (Å²) in [6.07, 6.45) is 0. The van der Waals surface area contributed by atoms with Crippen molar-refractivity contribution < 1.29 is 9.53 Å². The van der Waals surface area contributed by atoms with Gasteiger partial charge in [-0.2, -0.15) is 0 Å². The third-order valence-electron chi connectivity index (χ3n) is 3.42. The number of methoxy groups -OCH3 is 1. The van der Waals surface area contributed by atoms with Gasteiger partial charge >= 0.3 is 0 Å². The minimum absolute atomic E-state index is 0.0737. The summed E-state index contributed by atoms with van der Waals surface area (Å²) in [6.45, 7) is 3.17. The summed E-state index contributed by atoms with van der Waals surface area (Å²) in [5.41, 5.74) is 3.02. The smallest absolute Gasteiger partial charge is 0.159 e. The average Bonchev–Trinajstić information content (AvgIpc) is 2.48. The molecule has 0 spiro atoms. The lowest BCUT2D eigenvalue weighted by Crippen LogP contribution is -2.18. The van der Waals surface area contributed by atoms with Crippen LogP contribution in [-0.4, -0.2) is 24.8 Å². The number of nitrogens with zero attached hydrogens (tertiary/aromatic N) is 1. The van der Waals surface area contributed by atoms with Crippen LogP contribution in [-0.2, 0) is 13.1 Å². The molecule has 0 radical (unpaired) electrons. The molecule has 0 aliphatic carbocycles. The van der Waals surface area contributed by atoms with Crippen molar-refractivity contribution in [1.82, 2.24) is 4.90 Å². The predicted octanol–water partition coefficient (Wildman–Crippen LogP) is 3.53. The third-order valence-corrected chi connectivity index (χ3v) is 3.42. The fourth-order valence-electron chi connectivity index (χ4n) is 2.36. The van der Waals surface area contributed by atoms with Crippen molar-refractivity contribution in [3.8, 4) is 5.75 Å². The van der Waals surface area contributed by atoms with E-state index in [9.17, 15) is 4.79 Å². The lowest BCUT2D eigenvalue weighted by Gasteiger charge is -2.19.